The number of benzene rings is 1. The van der Waals surface area contributed by atoms with Gasteiger partial charge in [-0.25, -0.2) is 0 Å². The number of aliphatic hydroxyl groups excluding tert-OH is 1. The molecule has 1 N–H and O–H groups in total. The van der Waals surface area contributed by atoms with E-state index in [1.807, 2.05) is 25.1 Å². The van der Waals surface area contributed by atoms with Crippen LogP contribution in [0.3, 0.4) is 0 Å². The zero-order chi connectivity index (χ0) is 13.0. The Labute approximate surface area is 108 Å². The van der Waals surface area contributed by atoms with Crippen LogP contribution < -0.4 is 0 Å². The first-order valence-corrected chi connectivity index (χ1v) is 6.53. The Balaban J connectivity index is 2.12. The molecule has 1 heterocycles. The summed E-state index contributed by atoms with van der Waals surface area (Å²) in [5.74, 6) is 0.635. The number of rotatable bonds is 5. The largest absolute Gasteiger partial charge is 0.466 e. The maximum absolute atomic E-state index is 10.2. The van der Waals surface area contributed by atoms with Gasteiger partial charge in [-0.3, -0.25) is 0 Å². The van der Waals surface area contributed by atoms with E-state index >= 15 is 0 Å². The van der Waals surface area contributed by atoms with Crippen LogP contribution >= 0.6 is 0 Å². The Hall–Kier alpha value is -1.54. The molecule has 2 nitrogen and oxygen atoms in total. The number of unbranched alkanes of at least 4 members (excludes halogenated alkanes) is 1. The van der Waals surface area contributed by atoms with Crippen molar-refractivity contribution in [2.45, 2.75) is 39.2 Å². The van der Waals surface area contributed by atoms with Gasteiger partial charge in [0, 0.05) is 0 Å². The highest BCUT2D eigenvalue weighted by molar-refractivity contribution is 5.31. The van der Waals surface area contributed by atoms with Crippen molar-refractivity contribution in [3.05, 3.63) is 59.0 Å². The van der Waals surface area contributed by atoms with Crippen LogP contribution in [0.4, 0.5) is 0 Å². The van der Waals surface area contributed by atoms with E-state index in [1.165, 1.54) is 18.4 Å². The topological polar surface area (TPSA) is 33.4 Å². The Morgan fingerprint density at radius 2 is 1.89 bits per heavy atom. The standard InChI is InChI=1S/C16H20O2/c1-3-4-5-13-6-8-14(9-7-13)15(17)16-12(2)10-11-18-16/h6-11,15,17H,3-5H2,1-2H3. The highest BCUT2D eigenvalue weighted by Gasteiger charge is 2.15. The molecule has 0 fully saturated rings. The molecule has 0 saturated heterocycles. The number of aryl methyl sites for hydroxylation is 2. The molecule has 1 aromatic carbocycles. The molecule has 2 rings (SSSR count). The zero-order valence-corrected chi connectivity index (χ0v) is 11.0. The second-order valence-corrected chi connectivity index (χ2v) is 4.72. The second-order valence-electron chi connectivity index (χ2n) is 4.72. The lowest BCUT2D eigenvalue weighted by molar-refractivity contribution is 0.188. The van der Waals surface area contributed by atoms with E-state index < -0.39 is 6.10 Å². The molecule has 0 aliphatic rings. The Bertz CT molecular complexity index is 482. The van der Waals surface area contributed by atoms with Gasteiger partial charge in [-0.1, -0.05) is 37.6 Å². The fourth-order valence-corrected chi connectivity index (χ4v) is 2.06. The van der Waals surface area contributed by atoms with Gasteiger partial charge in [0.25, 0.3) is 0 Å². The summed E-state index contributed by atoms with van der Waals surface area (Å²) in [5.41, 5.74) is 3.19. The van der Waals surface area contributed by atoms with Crippen molar-refractivity contribution >= 4 is 0 Å². The summed E-state index contributed by atoms with van der Waals surface area (Å²) in [5, 5.41) is 10.2. The minimum Gasteiger partial charge on any atom is -0.466 e. The van der Waals surface area contributed by atoms with Crippen molar-refractivity contribution in [2.24, 2.45) is 0 Å². The van der Waals surface area contributed by atoms with Crippen molar-refractivity contribution in [3.8, 4) is 0 Å². The first-order valence-electron chi connectivity index (χ1n) is 6.53. The average Bonchev–Trinajstić information content (AvgIpc) is 2.82. The summed E-state index contributed by atoms with van der Waals surface area (Å²) in [6.45, 7) is 4.13. The molecule has 0 saturated carbocycles. The van der Waals surface area contributed by atoms with Crippen LogP contribution in [0, 0.1) is 6.92 Å². The van der Waals surface area contributed by atoms with E-state index in [4.69, 9.17) is 4.42 Å². The normalized spacial score (nSPS) is 12.6. The van der Waals surface area contributed by atoms with Gasteiger partial charge in [0.2, 0.25) is 0 Å². The molecule has 96 valence electrons. The SMILES string of the molecule is CCCCc1ccc(C(O)c2occc2C)cc1. The van der Waals surface area contributed by atoms with E-state index in [0.717, 1.165) is 17.5 Å². The predicted octanol–water partition coefficient (Wildman–Crippen LogP) is 4.01. The van der Waals surface area contributed by atoms with Crippen molar-refractivity contribution < 1.29 is 9.52 Å². The Kier molecular flexibility index (Phi) is 4.21. The van der Waals surface area contributed by atoms with E-state index in [0.29, 0.717) is 5.76 Å². The maximum Gasteiger partial charge on any atom is 0.139 e. The Morgan fingerprint density at radius 3 is 2.44 bits per heavy atom. The minimum atomic E-state index is -0.666. The number of hydrogen-bond acceptors (Lipinski definition) is 2. The van der Waals surface area contributed by atoms with Crippen LogP contribution in [0.25, 0.3) is 0 Å². The van der Waals surface area contributed by atoms with E-state index in [2.05, 4.69) is 19.1 Å². The molecule has 18 heavy (non-hydrogen) atoms. The highest BCUT2D eigenvalue weighted by atomic mass is 16.4. The molecule has 2 heteroatoms. The third-order valence-corrected chi connectivity index (χ3v) is 3.26. The van der Waals surface area contributed by atoms with Crippen molar-refractivity contribution in [1.29, 1.82) is 0 Å². The molecule has 1 atom stereocenters. The first kappa shape index (κ1) is 12.9. The van der Waals surface area contributed by atoms with Crippen LogP contribution in [0.1, 0.15) is 48.3 Å². The van der Waals surface area contributed by atoms with Crippen LogP contribution in [0.5, 0.6) is 0 Å². The first-order chi connectivity index (χ1) is 8.72. The monoisotopic (exact) mass is 244 g/mol. The summed E-state index contributed by atoms with van der Waals surface area (Å²) in [6, 6.07) is 10.0. The summed E-state index contributed by atoms with van der Waals surface area (Å²) in [6.07, 6.45) is 4.46. The third-order valence-electron chi connectivity index (χ3n) is 3.26. The van der Waals surface area contributed by atoms with E-state index in [1.54, 1.807) is 6.26 Å². The van der Waals surface area contributed by atoms with E-state index in [9.17, 15) is 5.11 Å². The molecule has 1 unspecified atom stereocenters. The second kappa shape index (κ2) is 5.87. The molecule has 0 aliphatic heterocycles. The minimum absolute atomic E-state index is 0.635. The molecular formula is C16H20O2. The van der Waals surface area contributed by atoms with Gasteiger partial charge in [-0.2, -0.15) is 0 Å². The third kappa shape index (κ3) is 2.82. The summed E-state index contributed by atoms with van der Waals surface area (Å²) in [7, 11) is 0. The fraction of sp³-hybridized carbons (Fsp3) is 0.375. The van der Waals surface area contributed by atoms with Crippen LogP contribution in [0.2, 0.25) is 0 Å². The van der Waals surface area contributed by atoms with Crippen molar-refractivity contribution in [2.75, 3.05) is 0 Å². The number of furan rings is 1. The summed E-state index contributed by atoms with van der Waals surface area (Å²) in [4.78, 5) is 0. The lowest BCUT2D eigenvalue weighted by atomic mass is 10.0. The van der Waals surface area contributed by atoms with Gasteiger partial charge in [0.05, 0.1) is 6.26 Å². The number of hydrogen-bond donors (Lipinski definition) is 1. The molecular weight excluding hydrogens is 224 g/mol. The van der Waals surface area contributed by atoms with Crippen LogP contribution in [-0.2, 0) is 6.42 Å². The van der Waals surface area contributed by atoms with Crippen molar-refractivity contribution in [1.82, 2.24) is 0 Å². The van der Waals surface area contributed by atoms with Gasteiger partial charge in [-0.05, 0) is 42.5 Å². The summed E-state index contributed by atoms with van der Waals surface area (Å²) >= 11 is 0. The van der Waals surface area contributed by atoms with E-state index in [-0.39, 0.29) is 0 Å². The van der Waals surface area contributed by atoms with Crippen molar-refractivity contribution in [3.63, 3.8) is 0 Å². The maximum atomic E-state index is 10.2. The van der Waals surface area contributed by atoms with Crippen LogP contribution in [-0.4, -0.2) is 5.11 Å². The lowest BCUT2D eigenvalue weighted by Crippen LogP contribution is -2.00. The van der Waals surface area contributed by atoms with Gasteiger partial charge >= 0.3 is 0 Å². The Morgan fingerprint density at radius 1 is 1.17 bits per heavy atom. The van der Waals surface area contributed by atoms with Crippen LogP contribution in [0.15, 0.2) is 41.0 Å². The molecule has 2 aromatic rings. The van der Waals surface area contributed by atoms with Gasteiger partial charge < -0.3 is 9.52 Å². The molecule has 0 bridgehead atoms. The molecule has 0 aliphatic carbocycles. The van der Waals surface area contributed by atoms with Gasteiger partial charge in [-0.15, -0.1) is 0 Å². The molecule has 0 spiro atoms. The molecule has 1 aromatic heterocycles. The smallest absolute Gasteiger partial charge is 0.139 e. The van der Waals surface area contributed by atoms with Gasteiger partial charge in [0.1, 0.15) is 11.9 Å². The fourth-order valence-electron chi connectivity index (χ4n) is 2.06. The number of aliphatic hydroxyl groups is 1. The quantitative estimate of drug-likeness (QED) is 0.862. The summed E-state index contributed by atoms with van der Waals surface area (Å²) < 4.78 is 5.33. The van der Waals surface area contributed by atoms with Gasteiger partial charge in [0.15, 0.2) is 0 Å². The molecule has 0 radical (unpaired) electrons. The molecule has 0 amide bonds. The highest BCUT2D eigenvalue weighted by Crippen LogP contribution is 2.25. The predicted molar refractivity (Wildman–Crippen MR) is 72.6 cm³/mol. The zero-order valence-electron chi connectivity index (χ0n) is 11.0. The average molecular weight is 244 g/mol. The lowest BCUT2D eigenvalue weighted by Gasteiger charge is -2.10.